The van der Waals surface area contributed by atoms with Crippen LogP contribution in [0.2, 0.25) is 5.02 Å². The molecule has 2 rings (SSSR count). The maximum atomic E-state index is 13.1. The van der Waals surface area contributed by atoms with Gasteiger partial charge >= 0.3 is 0 Å². The van der Waals surface area contributed by atoms with Crippen LogP contribution in [0.3, 0.4) is 0 Å². The summed E-state index contributed by atoms with van der Waals surface area (Å²) in [7, 11) is 0. The van der Waals surface area contributed by atoms with Gasteiger partial charge in [0.1, 0.15) is 5.82 Å². The van der Waals surface area contributed by atoms with Gasteiger partial charge in [0, 0.05) is 37.2 Å². The van der Waals surface area contributed by atoms with Gasteiger partial charge in [-0.2, -0.15) is 0 Å². The summed E-state index contributed by atoms with van der Waals surface area (Å²) >= 11 is 6.04. The highest BCUT2D eigenvalue weighted by molar-refractivity contribution is 6.31. The van der Waals surface area contributed by atoms with Crippen molar-refractivity contribution in [3.8, 4) is 0 Å². The molecule has 1 heterocycles. The molecule has 1 N–H and O–H groups in total. The van der Waals surface area contributed by atoms with Crippen molar-refractivity contribution in [2.24, 2.45) is 0 Å². The average Bonchev–Trinajstić information content (AvgIpc) is 2.24. The highest BCUT2D eigenvalue weighted by Crippen LogP contribution is 2.19. The quantitative estimate of drug-likeness (QED) is 0.856. The number of hydrogen-bond acceptors (Lipinski definition) is 2. The van der Waals surface area contributed by atoms with E-state index in [9.17, 15) is 4.39 Å². The molecule has 0 aromatic heterocycles. The second kappa shape index (κ2) is 5.13. The number of piperazine rings is 1. The Bertz CT molecular complexity index is 370. The Morgan fingerprint density at radius 1 is 1.56 bits per heavy atom. The molecule has 2 nitrogen and oxygen atoms in total. The fraction of sp³-hybridized carbons (Fsp3) is 0.500. The lowest BCUT2D eigenvalue weighted by Gasteiger charge is -2.32. The fourth-order valence-corrected chi connectivity index (χ4v) is 2.24. The van der Waals surface area contributed by atoms with Crippen molar-refractivity contribution < 1.29 is 4.39 Å². The van der Waals surface area contributed by atoms with Crippen LogP contribution in [-0.2, 0) is 6.54 Å². The first-order valence-electron chi connectivity index (χ1n) is 5.55. The highest BCUT2D eigenvalue weighted by Gasteiger charge is 2.16. The topological polar surface area (TPSA) is 15.3 Å². The summed E-state index contributed by atoms with van der Waals surface area (Å²) in [5.41, 5.74) is 0.871. The third kappa shape index (κ3) is 2.94. The van der Waals surface area contributed by atoms with Crippen molar-refractivity contribution in [2.75, 3.05) is 19.6 Å². The Morgan fingerprint density at radius 3 is 3.12 bits per heavy atom. The number of rotatable bonds is 2. The Morgan fingerprint density at radius 2 is 2.38 bits per heavy atom. The van der Waals surface area contributed by atoms with Crippen LogP contribution in [0.1, 0.15) is 12.5 Å². The molecule has 16 heavy (non-hydrogen) atoms. The van der Waals surface area contributed by atoms with Gasteiger partial charge in [0.2, 0.25) is 0 Å². The van der Waals surface area contributed by atoms with Gasteiger partial charge in [0.15, 0.2) is 0 Å². The first-order chi connectivity index (χ1) is 7.65. The minimum Gasteiger partial charge on any atom is -0.312 e. The molecule has 1 unspecified atom stereocenters. The summed E-state index contributed by atoms with van der Waals surface area (Å²) in [6.45, 7) is 5.82. The van der Waals surface area contributed by atoms with Crippen molar-refractivity contribution in [3.63, 3.8) is 0 Å². The molecule has 1 aliphatic rings. The van der Waals surface area contributed by atoms with Crippen LogP contribution in [0, 0.1) is 5.82 Å². The fourth-order valence-electron chi connectivity index (χ4n) is 2.06. The average molecular weight is 243 g/mol. The number of nitrogens with zero attached hydrogens (tertiary/aromatic N) is 1. The molecule has 0 bridgehead atoms. The molecule has 0 spiro atoms. The van der Waals surface area contributed by atoms with E-state index in [0.717, 1.165) is 31.7 Å². The zero-order valence-electron chi connectivity index (χ0n) is 9.34. The predicted molar refractivity (Wildman–Crippen MR) is 64.2 cm³/mol. The standard InChI is InChI=1S/C12H16ClFN2/c1-9-7-16(5-4-15-9)8-10-6-11(14)2-3-12(10)13/h2-3,6,9,15H,4-5,7-8H2,1H3. The second-order valence-electron chi connectivity index (χ2n) is 4.33. The molecule has 1 fully saturated rings. The molecule has 1 aromatic rings. The molecule has 0 amide bonds. The summed E-state index contributed by atoms with van der Waals surface area (Å²) in [6, 6.07) is 5.03. The van der Waals surface area contributed by atoms with Gasteiger partial charge in [-0.3, -0.25) is 4.90 Å². The van der Waals surface area contributed by atoms with Crippen LogP contribution in [0.25, 0.3) is 0 Å². The van der Waals surface area contributed by atoms with E-state index in [4.69, 9.17) is 11.6 Å². The van der Waals surface area contributed by atoms with Gasteiger partial charge in [-0.1, -0.05) is 11.6 Å². The number of hydrogen-bond donors (Lipinski definition) is 1. The summed E-state index contributed by atoms with van der Waals surface area (Å²) < 4.78 is 13.1. The highest BCUT2D eigenvalue weighted by atomic mass is 35.5. The Labute approximate surface area is 100 Å². The predicted octanol–water partition coefficient (Wildman–Crippen LogP) is 2.27. The number of benzene rings is 1. The summed E-state index contributed by atoms with van der Waals surface area (Å²) in [6.07, 6.45) is 0. The van der Waals surface area contributed by atoms with E-state index >= 15 is 0 Å². The van der Waals surface area contributed by atoms with Gasteiger partial charge in [-0.25, -0.2) is 4.39 Å². The van der Waals surface area contributed by atoms with E-state index in [-0.39, 0.29) is 5.82 Å². The van der Waals surface area contributed by atoms with Crippen molar-refractivity contribution in [1.82, 2.24) is 10.2 Å². The lowest BCUT2D eigenvalue weighted by atomic mass is 10.1. The van der Waals surface area contributed by atoms with Crippen LogP contribution in [0.15, 0.2) is 18.2 Å². The molecule has 0 aliphatic carbocycles. The summed E-state index contributed by atoms with van der Waals surface area (Å²) in [5, 5.41) is 4.02. The molecule has 1 aliphatic heterocycles. The van der Waals surface area contributed by atoms with Crippen molar-refractivity contribution >= 4 is 11.6 Å². The van der Waals surface area contributed by atoms with E-state index in [0.29, 0.717) is 11.1 Å². The summed E-state index contributed by atoms with van der Waals surface area (Å²) in [5.74, 6) is -0.220. The molecule has 0 radical (unpaired) electrons. The molecule has 4 heteroatoms. The number of nitrogens with one attached hydrogen (secondary N) is 1. The molecule has 1 aromatic carbocycles. The second-order valence-corrected chi connectivity index (χ2v) is 4.73. The van der Waals surface area contributed by atoms with Gasteiger partial charge in [-0.05, 0) is 30.7 Å². The van der Waals surface area contributed by atoms with E-state index in [1.54, 1.807) is 6.07 Å². The Kier molecular flexibility index (Phi) is 3.79. The zero-order chi connectivity index (χ0) is 11.5. The lowest BCUT2D eigenvalue weighted by Crippen LogP contribution is -2.48. The van der Waals surface area contributed by atoms with E-state index in [1.165, 1.54) is 12.1 Å². The molecule has 88 valence electrons. The molecule has 1 saturated heterocycles. The van der Waals surface area contributed by atoms with Crippen LogP contribution in [-0.4, -0.2) is 30.6 Å². The van der Waals surface area contributed by atoms with E-state index < -0.39 is 0 Å². The normalized spacial score (nSPS) is 22.3. The van der Waals surface area contributed by atoms with Gasteiger partial charge < -0.3 is 5.32 Å². The third-order valence-electron chi connectivity index (χ3n) is 2.85. The largest absolute Gasteiger partial charge is 0.312 e. The molecule has 1 atom stereocenters. The van der Waals surface area contributed by atoms with Crippen LogP contribution in [0.4, 0.5) is 4.39 Å². The van der Waals surface area contributed by atoms with Gasteiger partial charge in [0.05, 0.1) is 0 Å². The van der Waals surface area contributed by atoms with Gasteiger partial charge in [0.25, 0.3) is 0 Å². The minimum atomic E-state index is -0.220. The third-order valence-corrected chi connectivity index (χ3v) is 3.22. The van der Waals surface area contributed by atoms with E-state index in [1.807, 2.05) is 0 Å². The van der Waals surface area contributed by atoms with Crippen LogP contribution >= 0.6 is 11.6 Å². The first kappa shape index (κ1) is 11.8. The molecule has 0 saturated carbocycles. The number of halogens is 2. The van der Waals surface area contributed by atoms with Crippen LogP contribution in [0.5, 0.6) is 0 Å². The zero-order valence-corrected chi connectivity index (χ0v) is 10.1. The van der Waals surface area contributed by atoms with Gasteiger partial charge in [-0.15, -0.1) is 0 Å². The minimum absolute atomic E-state index is 0.220. The van der Waals surface area contributed by atoms with Crippen molar-refractivity contribution in [1.29, 1.82) is 0 Å². The molecular formula is C12H16ClFN2. The Hall–Kier alpha value is -0.640. The Balaban J connectivity index is 2.05. The van der Waals surface area contributed by atoms with Crippen LogP contribution < -0.4 is 5.32 Å². The van der Waals surface area contributed by atoms with E-state index in [2.05, 4.69) is 17.1 Å². The smallest absolute Gasteiger partial charge is 0.123 e. The summed E-state index contributed by atoms with van der Waals surface area (Å²) in [4.78, 5) is 2.29. The molecular weight excluding hydrogens is 227 g/mol. The SMILES string of the molecule is CC1CN(Cc2cc(F)ccc2Cl)CCN1. The maximum Gasteiger partial charge on any atom is 0.123 e. The van der Waals surface area contributed by atoms with Crippen molar-refractivity contribution in [2.45, 2.75) is 19.5 Å². The lowest BCUT2D eigenvalue weighted by molar-refractivity contribution is 0.199. The van der Waals surface area contributed by atoms with Crippen molar-refractivity contribution in [3.05, 3.63) is 34.6 Å². The first-order valence-corrected chi connectivity index (χ1v) is 5.92. The monoisotopic (exact) mass is 242 g/mol. The maximum absolute atomic E-state index is 13.1.